The molecular formula is C15H9ClF5N5O. The van der Waals surface area contributed by atoms with E-state index < -0.39 is 24.4 Å². The number of ether oxygens (including phenoxy) is 1. The third kappa shape index (κ3) is 3.82. The smallest absolute Gasteiger partial charge is 0.416 e. The average molecular weight is 406 g/mol. The number of aromatic nitrogens is 5. The molecule has 3 aromatic heterocycles. The van der Waals surface area contributed by atoms with E-state index in [9.17, 15) is 22.0 Å². The highest BCUT2D eigenvalue weighted by Crippen LogP contribution is 2.36. The van der Waals surface area contributed by atoms with Crippen LogP contribution in [0.15, 0.2) is 30.6 Å². The predicted molar refractivity (Wildman–Crippen MR) is 84.1 cm³/mol. The molecule has 0 fully saturated rings. The van der Waals surface area contributed by atoms with Crippen LogP contribution in [0.1, 0.15) is 5.69 Å². The topological polar surface area (TPSA) is 65.7 Å². The van der Waals surface area contributed by atoms with Crippen molar-refractivity contribution in [3.8, 4) is 28.7 Å². The quantitative estimate of drug-likeness (QED) is 0.608. The molecule has 0 aliphatic rings. The molecule has 0 bridgehead atoms. The first-order chi connectivity index (χ1) is 12.7. The van der Waals surface area contributed by atoms with Gasteiger partial charge in [0.05, 0.1) is 16.1 Å². The minimum atomic E-state index is -4.72. The molecule has 0 radical (unpaired) electrons. The van der Waals surface area contributed by atoms with Gasteiger partial charge in [0.15, 0.2) is 17.3 Å². The highest BCUT2D eigenvalue weighted by atomic mass is 35.5. The number of pyridine rings is 2. The van der Waals surface area contributed by atoms with Crippen LogP contribution in [0, 0.1) is 0 Å². The van der Waals surface area contributed by atoms with Gasteiger partial charge in [0.25, 0.3) is 0 Å². The van der Waals surface area contributed by atoms with Crippen molar-refractivity contribution in [1.82, 2.24) is 24.7 Å². The Morgan fingerprint density at radius 1 is 1.11 bits per heavy atom. The lowest BCUT2D eigenvalue weighted by atomic mass is 10.1. The van der Waals surface area contributed by atoms with E-state index in [-0.39, 0.29) is 27.8 Å². The van der Waals surface area contributed by atoms with Crippen LogP contribution in [0.2, 0.25) is 5.02 Å². The summed E-state index contributed by atoms with van der Waals surface area (Å²) in [6.07, 6.45) is -2.63. The highest BCUT2D eigenvalue weighted by molar-refractivity contribution is 6.30. The maximum Gasteiger partial charge on any atom is 0.434 e. The summed E-state index contributed by atoms with van der Waals surface area (Å²) in [6, 6.07) is 3.73. The van der Waals surface area contributed by atoms with Crippen molar-refractivity contribution in [2.45, 2.75) is 12.8 Å². The van der Waals surface area contributed by atoms with Gasteiger partial charge >= 0.3 is 12.8 Å². The summed E-state index contributed by atoms with van der Waals surface area (Å²) in [4.78, 5) is 7.02. The Morgan fingerprint density at radius 3 is 2.41 bits per heavy atom. The van der Waals surface area contributed by atoms with E-state index in [4.69, 9.17) is 11.6 Å². The van der Waals surface area contributed by atoms with Crippen LogP contribution in [-0.4, -0.2) is 31.3 Å². The molecule has 0 aliphatic heterocycles. The number of hydrogen-bond acceptors (Lipinski definition) is 5. The molecule has 0 spiro atoms. The number of hydrogen-bond donors (Lipinski definition) is 0. The molecule has 0 saturated carbocycles. The Morgan fingerprint density at radius 2 is 1.78 bits per heavy atom. The summed E-state index contributed by atoms with van der Waals surface area (Å²) in [5.41, 5.74) is -1.53. The Kier molecular flexibility index (Phi) is 4.96. The first-order valence-corrected chi connectivity index (χ1v) is 7.59. The van der Waals surface area contributed by atoms with Crippen molar-refractivity contribution in [3.63, 3.8) is 0 Å². The number of halogens is 6. The Hall–Kier alpha value is -2.82. The first-order valence-electron chi connectivity index (χ1n) is 7.21. The predicted octanol–water partition coefficient (Wildman–Crippen LogP) is 4.21. The summed E-state index contributed by atoms with van der Waals surface area (Å²) >= 11 is 5.84. The van der Waals surface area contributed by atoms with Crippen molar-refractivity contribution >= 4 is 11.6 Å². The van der Waals surface area contributed by atoms with Crippen LogP contribution in [0.4, 0.5) is 22.0 Å². The van der Waals surface area contributed by atoms with E-state index in [0.717, 1.165) is 12.4 Å². The van der Waals surface area contributed by atoms with Gasteiger partial charge in [0.1, 0.15) is 0 Å². The number of rotatable bonds is 4. The second-order valence-electron chi connectivity index (χ2n) is 5.19. The van der Waals surface area contributed by atoms with Crippen LogP contribution in [0.25, 0.3) is 22.8 Å². The van der Waals surface area contributed by atoms with E-state index in [2.05, 4.69) is 24.9 Å². The molecule has 0 saturated heterocycles. The molecule has 0 aromatic carbocycles. The molecule has 0 atom stereocenters. The molecule has 142 valence electrons. The van der Waals surface area contributed by atoms with E-state index in [0.29, 0.717) is 0 Å². The minimum Gasteiger partial charge on any atom is -0.416 e. The van der Waals surface area contributed by atoms with E-state index in [1.165, 1.54) is 29.8 Å². The zero-order valence-corrected chi connectivity index (χ0v) is 14.1. The van der Waals surface area contributed by atoms with Crippen molar-refractivity contribution in [2.24, 2.45) is 7.05 Å². The zero-order chi connectivity index (χ0) is 19.8. The fraction of sp³-hybridized carbons (Fsp3) is 0.200. The molecule has 0 unspecified atom stereocenters. The average Bonchev–Trinajstić information content (AvgIpc) is 2.96. The summed E-state index contributed by atoms with van der Waals surface area (Å²) in [5.74, 6) is -0.722. The van der Waals surface area contributed by atoms with Crippen molar-refractivity contribution in [2.75, 3.05) is 0 Å². The standard InChI is InChI=1S/C15H9ClF5N5O/c1-26-11(8-3-2-4-22-10(8)15(19,20)21)24-25-12(26)9-5-7(16)6-23-13(9)27-14(17)18/h2-6,14H,1H3. The van der Waals surface area contributed by atoms with Gasteiger partial charge in [-0.25, -0.2) is 4.98 Å². The van der Waals surface area contributed by atoms with E-state index in [1.54, 1.807) is 0 Å². The fourth-order valence-electron chi connectivity index (χ4n) is 2.38. The molecule has 0 aliphatic carbocycles. The second kappa shape index (κ2) is 7.06. The maximum atomic E-state index is 13.2. The fourth-order valence-corrected chi connectivity index (χ4v) is 2.53. The molecule has 0 amide bonds. The van der Waals surface area contributed by atoms with Crippen LogP contribution in [0.5, 0.6) is 5.88 Å². The first kappa shape index (κ1) is 19.0. The Balaban J connectivity index is 2.15. The van der Waals surface area contributed by atoms with E-state index >= 15 is 0 Å². The minimum absolute atomic E-state index is 0.0542. The lowest BCUT2D eigenvalue weighted by molar-refractivity contribution is -0.140. The van der Waals surface area contributed by atoms with Crippen molar-refractivity contribution < 1.29 is 26.7 Å². The van der Waals surface area contributed by atoms with Gasteiger partial charge in [0.2, 0.25) is 5.88 Å². The molecule has 3 heterocycles. The van der Waals surface area contributed by atoms with E-state index in [1.807, 2.05) is 0 Å². The molecule has 0 N–H and O–H groups in total. The normalized spacial score (nSPS) is 11.9. The van der Waals surface area contributed by atoms with Gasteiger partial charge in [-0.15, -0.1) is 10.2 Å². The van der Waals surface area contributed by atoms with Crippen LogP contribution in [-0.2, 0) is 13.2 Å². The SMILES string of the molecule is Cn1c(-c2cc(Cl)cnc2OC(F)F)nnc1-c1cccnc1C(F)(F)F. The third-order valence-electron chi connectivity index (χ3n) is 3.45. The van der Waals surface area contributed by atoms with Crippen LogP contribution < -0.4 is 4.74 Å². The maximum absolute atomic E-state index is 13.2. The van der Waals surface area contributed by atoms with Gasteiger partial charge in [-0.2, -0.15) is 22.0 Å². The van der Waals surface area contributed by atoms with Crippen molar-refractivity contribution in [3.05, 3.63) is 41.3 Å². The lowest BCUT2D eigenvalue weighted by Gasteiger charge is -2.12. The van der Waals surface area contributed by atoms with Crippen LogP contribution in [0.3, 0.4) is 0 Å². The molecular weight excluding hydrogens is 397 g/mol. The lowest BCUT2D eigenvalue weighted by Crippen LogP contribution is -2.11. The molecule has 27 heavy (non-hydrogen) atoms. The van der Waals surface area contributed by atoms with Gasteiger partial charge in [-0.1, -0.05) is 11.6 Å². The largest absolute Gasteiger partial charge is 0.434 e. The summed E-state index contributed by atoms with van der Waals surface area (Å²) in [7, 11) is 1.37. The Labute approximate surface area is 153 Å². The molecule has 12 heteroatoms. The second-order valence-corrected chi connectivity index (χ2v) is 5.62. The summed E-state index contributed by atoms with van der Waals surface area (Å²) < 4.78 is 70.3. The van der Waals surface area contributed by atoms with Crippen molar-refractivity contribution in [1.29, 1.82) is 0 Å². The van der Waals surface area contributed by atoms with Gasteiger partial charge in [0, 0.05) is 19.4 Å². The van der Waals surface area contributed by atoms with Gasteiger partial charge in [-0.3, -0.25) is 4.98 Å². The molecule has 6 nitrogen and oxygen atoms in total. The molecule has 3 rings (SSSR count). The van der Waals surface area contributed by atoms with Gasteiger partial charge < -0.3 is 9.30 Å². The van der Waals surface area contributed by atoms with Crippen LogP contribution >= 0.6 is 11.6 Å². The summed E-state index contributed by atoms with van der Waals surface area (Å²) in [5, 5.41) is 7.63. The summed E-state index contributed by atoms with van der Waals surface area (Å²) in [6.45, 7) is -3.17. The Bertz CT molecular complexity index is 975. The zero-order valence-electron chi connectivity index (χ0n) is 13.4. The molecule has 3 aromatic rings. The van der Waals surface area contributed by atoms with Gasteiger partial charge in [-0.05, 0) is 18.2 Å². The highest BCUT2D eigenvalue weighted by Gasteiger charge is 2.36. The monoisotopic (exact) mass is 405 g/mol. The number of nitrogens with zero attached hydrogens (tertiary/aromatic N) is 5. The number of alkyl halides is 5. The third-order valence-corrected chi connectivity index (χ3v) is 3.66.